The monoisotopic (exact) mass is 344 g/mol. The van der Waals surface area contributed by atoms with E-state index in [1.54, 1.807) is 26.5 Å². The summed E-state index contributed by atoms with van der Waals surface area (Å²) in [6.45, 7) is 1.87. The van der Waals surface area contributed by atoms with Gasteiger partial charge < -0.3 is 13.9 Å². The van der Waals surface area contributed by atoms with Crippen LogP contribution >= 0.6 is 12.2 Å². The van der Waals surface area contributed by atoms with Gasteiger partial charge in [-0.25, -0.2) is 5.10 Å². The van der Waals surface area contributed by atoms with Crippen molar-refractivity contribution in [3.63, 3.8) is 0 Å². The summed E-state index contributed by atoms with van der Waals surface area (Å²) in [6.07, 6.45) is 1.59. The Bertz CT molecular complexity index is 939. The molecule has 2 aromatic heterocycles. The van der Waals surface area contributed by atoms with Gasteiger partial charge in [-0.15, -0.1) is 0 Å². The van der Waals surface area contributed by atoms with Crippen molar-refractivity contribution in [1.29, 1.82) is 0 Å². The minimum absolute atomic E-state index is 0.374. The van der Waals surface area contributed by atoms with Crippen molar-refractivity contribution in [1.82, 2.24) is 14.9 Å². The van der Waals surface area contributed by atoms with Crippen molar-refractivity contribution < 1.29 is 13.9 Å². The highest BCUT2D eigenvalue weighted by atomic mass is 32.1. The predicted octanol–water partition coefficient (Wildman–Crippen LogP) is 3.41. The molecule has 3 rings (SSSR count). The number of aryl methyl sites for hydroxylation is 1. The van der Waals surface area contributed by atoms with E-state index < -0.39 is 0 Å². The van der Waals surface area contributed by atoms with Gasteiger partial charge in [-0.1, -0.05) is 0 Å². The van der Waals surface area contributed by atoms with Gasteiger partial charge in [0.05, 0.1) is 20.4 Å². The largest absolute Gasteiger partial charge is 0.493 e. The fourth-order valence-corrected chi connectivity index (χ4v) is 2.38. The first-order valence-corrected chi connectivity index (χ1v) is 7.54. The molecular weight excluding hydrogens is 328 g/mol. The van der Waals surface area contributed by atoms with Gasteiger partial charge in [-0.2, -0.15) is 14.9 Å². The molecule has 1 N–H and O–H groups in total. The number of benzene rings is 1. The van der Waals surface area contributed by atoms with E-state index >= 15 is 0 Å². The molecule has 0 bridgehead atoms. The SMILES string of the molecule is COc1ccc(-c2n[nH]c(=S)n2N=Cc2ccc(C)o2)cc1OC. The maximum Gasteiger partial charge on any atom is 0.216 e. The molecule has 24 heavy (non-hydrogen) atoms. The van der Waals surface area contributed by atoms with Crippen molar-refractivity contribution in [2.45, 2.75) is 6.92 Å². The molecule has 1 aromatic carbocycles. The van der Waals surface area contributed by atoms with Crippen LogP contribution in [-0.4, -0.2) is 35.3 Å². The van der Waals surface area contributed by atoms with Gasteiger partial charge in [-0.3, -0.25) is 0 Å². The zero-order chi connectivity index (χ0) is 17.1. The van der Waals surface area contributed by atoms with E-state index in [4.69, 9.17) is 26.1 Å². The lowest BCUT2D eigenvalue weighted by Crippen LogP contribution is -1.96. The maximum atomic E-state index is 5.47. The molecule has 0 radical (unpaired) electrons. The normalized spacial score (nSPS) is 11.1. The summed E-state index contributed by atoms with van der Waals surface area (Å²) in [5.41, 5.74) is 0.785. The zero-order valence-corrected chi connectivity index (χ0v) is 14.3. The van der Waals surface area contributed by atoms with Crippen LogP contribution in [0.5, 0.6) is 11.5 Å². The number of nitrogens with zero attached hydrogens (tertiary/aromatic N) is 3. The third kappa shape index (κ3) is 3.09. The molecule has 8 heteroatoms. The Morgan fingerprint density at radius 1 is 1.21 bits per heavy atom. The third-order valence-corrected chi connectivity index (χ3v) is 3.62. The highest BCUT2D eigenvalue weighted by molar-refractivity contribution is 7.71. The van der Waals surface area contributed by atoms with Crippen molar-refractivity contribution >= 4 is 18.4 Å². The molecule has 0 amide bonds. The molecule has 7 nitrogen and oxygen atoms in total. The summed E-state index contributed by atoms with van der Waals surface area (Å²) in [6, 6.07) is 9.17. The lowest BCUT2D eigenvalue weighted by atomic mass is 10.2. The summed E-state index contributed by atoms with van der Waals surface area (Å²) >= 11 is 5.25. The van der Waals surface area contributed by atoms with Crippen LogP contribution in [0.4, 0.5) is 0 Å². The molecule has 0 fully saturated rings. The molecule has 0 aliphatic heterocycles. The first kappa shape index (κ1) is 16.0. The second kappa shape index (κ2) is 6.71. The van der Waals surface area contributed by atoms with Crippen molar-refractivity contribution in [3.05, 3.63) is 46.6 Å². The molecule has 0 spiro atoms. The molecule has 124 valence electrons. The van der Waals surface area contributed by atoms with Crippen LogP contribution in [0.25, 0.3) is 11.4 Å². The minimum Gasteiger partial charge on any atom is -0.493 e. The Labute approximate surface area is 143 Å². The van der Waals surface area contributed by atoms with Crippen molar-refractivity contribution in [3.8, 4) is 22.9 Å². The maximum absolute atomic E-state index is 5.47. The van der Waals surface area contributed by atoms with Gasteiger partial charge in [0.2, 0.25) is 4.77 Å². The summed E-state index contributed by atoms with van der Waals surface area (Å²) < 4.78 is 17.9. The van der Waals surface area contributed by atoms with Gasteiger partial charge in [0.1, 0.15) is 11.5 Å². The van der Waals surface area contributed by atoms with Crippen LogP contribution in [0.15, 0.2) is 39.9 Å². The summed E-state index contributed by atoms with van der Waals surface area (Å²) in [5, 5.41) is 11.3. The second-order valence-electron chi connectivity index (χ2n) is 4.93. The quantitative estimate of drug-likeness (QED) is 0.567. The number of aromatic amines is 1. The van der Waals surface area contributed by atoms with Crippen LogP contribution in [0.1, 0.15) is 11.5 Å². The van der Waals surface area contributed by atoms with Gasteiger partial charge >= 0.3 is 0 Å². The molecule has 0 saturated heterocycles. The first-order valence-electron chi connectivity index (χ1n) is 7.13. The van der Waals surface area contributed by atoms with E-state index in [-0.39, 0.29) is 0 Å². The van der Waals surface area contributed by atoms with Gasteiger partial charge in [0, 0.05) is 5.56 Å². The fourth-order valence-electron chi connectivity index (χ4n) is 2.20. The van der Waals surface area contributed by atoms with Crippen LogP contribution in [0.3, 0.4) is 0 Å². The molecule has 3 aromatic rings. The standard InChI is InChI=1S/C16H16N4O3S/c1-10-4-6-12(23-10)9-17-20-15(18-19-16(20)24)11-5-7-13(21-2)14(8-11)22-3/h4-9H,1-3H3,(H,19,24). The van der Waals surface area contributed by atoms with E-state index in [9.17, 15) is 0 Å². The molecule has 2 heterocycles. The Kier molecular flexibility index (Phi) is 4.48. The van der Waals surface area contributed by atoms with E-state index in [2.05, 4.69) is 15.3 Å². The summed E-state index contributed by atoms with van der Waals surface area (Å²) in [7, 11) is 3.17. The number of nitrogens with one attached hydrogen (secondary N) is 1. The lowest BCUT2D eigenvalue weighted by Gasteiger charge is -2.08. The molecule has 0 aliphatic rings. The second-order valence-corrected chi connectivity index (χ2v) is 5.31. The van der Waals surface area contributed by atoms with Gasteiger partial charge in [0.25, 0.3) is 0 Å². The average Bonchev–Trinajstić information content (AvgIpc) is 3.17. The van der Waals surface area contributed by atoms with Crippen LogP contribution in [0.2, 0.25) is 0 Å². The number of rotatable bonds is 5. The molecule has 0 aliphatic carbocycles. The van der Waals surface area contributed by atoms with Crippen LogP contribution in [-0.2, 0) is 0 Å². The van der Waals surface area contributed by atoms with E-state index in [1.165, 1.54) is 4.68 Å². The van der Waals surface area contributed by atoms with Crippen molar-refractivity contribution in [2.75, 3.05) is 14.2 Å². The van der Waals surface area contributed by atoms with Crippen molar-refractivity contribution in [2.24, 2.45) is 5.10 Å². The number of furan rings is 1. The Morgan fingerprint density at radius 2 is 2.00 bits per heavy atom. The van der Waals surface area contributed by atoms with Gasteiger partial charge in [-0.05, 0) is 49.5 Å². The summed E-state index contributed by atoms with van der Waals surface area (Å²) in [5.74, 6) is 3.24. The topological polar surface area (TPSA) is 77.6 Å². The van der Waals surface area contributed by atoms with Crippen LogP contribution < -0.4 is 9.47 Å². The average molecular weight is 344 g/mol. The zero-order valence-electron chi connectivity index (χ0n) is 13.4. The minimum atomic E-state index is 0.374. The highest BCUT2D eigenvalue weighted by Gasteiger charge is 2.12. The smallest absolute Gasteiger partial charge is 0.216 e. The predicted molar refractivity (Wildman–Crippen MR) is 92.4 cm³/mol. The molecule has 0 saturated carbocycles. The number of hydrogen-bond acceptors (Lipinski definition) is 6. The number of ether oxygens (including phenoxy) is 2. The highest BCUT2D eigenvalue weighted by Crippen LogP contribution is 2.31. The van der Waals surface area contributed by atoms with E-state index in [0.717, 1.165) is 11.3 Å². The van der Waals surface area contributed by atoms with Crippen LogP contribution in [0, 0.1) is 11.7 Å². The number of aromatic nitrogens is 3. The van der Waals surface area contributed by atoms with E-state index in [0.29, 0.717) is 27.9 Å². The van der Waals surface area contributed by atoms with E-state index in [1.807, 2.05) is 31.2 Å². The van der Waals surface area contributed by atoms with Gasteiger partial charge in [0.15, 0.2) is 17.3 Å². The first-order chi connectivity index (χ1) is 11.6. The number of methoxy groups -OCH3 is 2. The Morgan fingerprint density at radius 3 is 2.67 bits per heavy atom. The Hall–Kier alpha value is -2.87. The molecule has 0 atom stereocenters. The lowest BCUT2D eigenvalue weighted by molar-refractivity contribution is 0.355. The molecule has 0 unspecified atom stereocenters. The number of H-pyrrole nitrogens is 1. The molecular formula is C16H16N4O3S. The number of hydrogen-bond donors (Lipinski definition) is 1. The third-order valence-electron chi connectivity index (χ3n) is 3.35. The fraction of sp³-hybridized carbons (Fsp3) is 0.188. The summed E-state index contributed by atoms with van der Waals surface area (Å²) in [4.78, 5) is 0. The Balaban J connectivity index is 2.01.